The van der Waals surface area contributed by atoms with Gasteiger partial charge in [0.05, 0.1) is 13.1 Å². The molecule has 2 aromatic rings. The molecule has 0 spiro atoms. The van der Waals surface area contributed by atoms with Gasteiger partial charge >= 0.3 is 6.03 Å². The summed E-state index contributed by atoms with van der Waals surface area (Å²) in [7, 11) is 0. The molecule has 2 aliphatic heterocycles. The second kappa shape index (κ2) is 8.12. The van der Waals surface area contributed by atoms with E-state index in [-0.39, 0.29) is 12.5 Å². The Bertz CT molecular complexity index is 990. The van der Waals surface area contributed by atoms with Gasteiger partial charge < -0.3 is 10.2 Å². The third-order valence-corrected chi connectivity index (χ3v) is 5.72. The van der Waals surface area contributed by atoms with Gasteiger partial charge in [0.25, 0.3) is 11.8 Å². The van der Waals surface area contributed by atoms with Crippen LogP contribution in [0.1, 0.15) is 24.5 Å². The molecule has 7 heteroatoms. The number of rotatable bonds is 5. The zero-order chi connectivity index (χ0) is 21.1. The van der Waals surface area contributed by atoms with E-state index in [0.29, 0.717) is 5.56 Å². The Labute approximate surface area is 175 Å². The molecule has 4 rings (SSSR count). The molecule has 0 aromatic heterocycles. The van der Waals surface area contributed by atoms with Crippen molar-refractivity contribution in [2.75, 3.05) is 19.6 Å². The Balaban J connectivity index is 1.36. The molecule has 0 saturated carbocycles. The highest BCUT2D eigenvalue weighted by molar-refractivity contribution is 6.08. The topological polar surface area (TPSA) is 83.0 Å². The molecule has 0 radical (unpaired) electrons. The van der Waals surface area contributed by atoms with Gasteiger partial charge in [-0.3, -0.25) is 15.0 Å². The maximum absolute atomic E-state index is 12.9. The fourth-order valence-corrected chi connectivity index (χ4v) is 3.96. The Morgan fingerprint density at radius 1 is 1.10 bits per heavy atom. The van der Waals surface area contributed by atoms with E-state index >= 15 is 0 Å². The second-order valence-corrected chi connectivity index (χ2v) is 7.82. The van der Waals surface area contributed by atoms with Gasteiger partial charge in [-0.15, -0.1) is 0 Å². The van der Waals surface area contributed by atoms with Crippen molar-refractivity contribution in [1.29, 1.82) is 0 Å². The fraction of sp³-hybridized carbons (Fsp3) is 0.261. The average molecular weight is 405 g/mol. The number of nitrogens with one attached hydrogen (secondary N) is 3. The predicted molar refractivity (Wildman–Crippen MR) is 112 cm³/mol. The summed E-state index contributed by atoms with van der Waals surface area (Å²) >= 11 is 0. The number of quaternary nitrogens is 1. The van der Waals surface area contributed by atoms with Gasteiger partial charge in [-0.25, -0.2) is 4.79 Å². The minimum absolute atomic E-state index is 0.192. The third kappa shape index (κ3) is 3.84. The minimum atomic E-state index is -1.20. The van der Waals surface area contributed by atoms with Gasteiger partial charge in [0.2, 0.25) is 0 Å². The monoisotopic (exact) mass is 405 g/mol. The maximum Gasteiger partial charge on any atom is 0.344 e. The standard InChI is InChI=1S/C23H24N4O3/c1-23(19-10-6-3-7-11-19)21(29)27(22(30)24-23)25-20(28)16-26-14-12-18(13-15-26)17-8-4-2-5-9-17/h2-12H,13-16H2,1H3,(H,24,30)(H,25,28)/p+1/t23-/m1/s1. The summed E-state index contributed by atoms with van der Waals surface area (Å²) < 4.78 is 0. The van der Waals surface area contributed by atoms with E-state index in [9.17, 15) is 14.4 Å². The van der Waals surface area contributed by atoms with E-state index in [4.69, 9.17) is 0 Å². The molecule has 2 aromatic carbocycles. The summed E-state index contributed by atoms with van der Waals surface area (Å²) in [5.41, 5.74) is 4.45. The summed E-state index contributed by atoms with van der Waals surface area (Å²) in [5, 5.41) is 3.48. The first-order chi connectivity index (χ1) is 14.5. The Hall–Kier alpha value is -3.45. The number of carbonyl (C=O) groups excluding carboxylic acids is 3. The van der Waals surface area contributed by atoms with Crippen molar-refractivity contribution in [2.24, 2.45) is 0 Å². The summed E-state index contributed by atoms with van der Waals surface area (Å²) in [6.07, 6.45) is 3.03. The van der Waals surface area contributed by atoms with Crippen LogP contribution < -0.4 is 15.6 Å². The molecule has 2 atom stereocenters. The molecule has 7 nitrogen and oxygen atoms in total. The third-order valence-electron chi connectivity index (χ3n) is 5.72. The molecule has 30 heavy (non-hydrogen) atoms. The molecule has 1 unspecified atom stereocenters. The molecule has 2 aliphatic rings. The predicted octanol–water partition coefficient (Wildman–Crippen LogP) is 0.857. The van der Waals surface area contributed by atoms with Crippen LogP contribution in [0, 0.1) is 0 Å². The van der Waals surface area contributed by atoms with Crippen LogP contribution >= 0.6 is 0 Å². The molecule has 3 N–H and O–H groups in total. The van der Waals surface area contributed by atoms with Gasteiger partial charge in [0.15, 0.2) is 6.54 Å². The molecule has 2 heterocycles. The van der Waals surface area contributed by atoms with Crippen molar-refractivity contribution >= 4 is 23.4 Å². The lowest BCUT2D eigenvalue weighted by molar-refractivity contribution is -0.886. The van der Waals surface area contributed by atoms with Gasteiger partial charge in [-0.05, 0) is 29.7 Å². The van der Waals surface area contributed by atoms with Gasteiger partial charge in [-0.1, -0.05) is 60.7 Å². The van der Waals surface area contributed by atoms with E-state index in [0.717, 1.165) is 29.4 Å². The van der Waals surface area contributed by atoms with Crippen LogP contribution in [0.2, 0.25) is 0 Å². The van der Waals surface area contributed by atoms with Crippen LogP contribution in [0.4, 0.5) is 4.79 Å². The van der Waals surface area contributed by atoms with Crippen LogP contribution in [-0.2, 0) is 15.1 Å². The summed E-state index contributed by atoms with van der Waals surface area (Å²) in [4.78, 5) is 38.9. The van der Waals surface area contributed by atoms with Crippen molar-refractivity contribution in [2.45, 2.75) is 18.9 Å². The first-order valence-corrected chi connectivity index (χ1v) is 10.1. The van der Waals surface area contributed by atoms with Crippen LogP contribution in [-0.4, -0.2) is 42.5 Å². The smallest absolute Gasteiger partial charge is 0.324 e. The number of hydrazine groups is 1. The van der Waals surface area contributed by atoms with Crippen LogP contribution in [0.15, 0.2) is 66.7 Å². The number of nitrogens with zero attached hydrogens (tertiary/aromatic N) is 1. The van der Waals surface area contributed by atoms with Crippen LogP contribution in [0.5, 0.6) is 0 Å². The molecule has 1 saturated heterocycles. The first-order valence-electron chi connectivity index (χ1n) is 10.1. The van der Waals surface area contributed by atoms with E-state index in [1.165, 1.54) is 11.1 Å². The first kappa shape index (κ1) is 19.8. The Morgan fingerprint density at radius 3 is 2.40 bits per heavy atom. The van der Waals surface area contributed by atoms with Crippen molar-refractivity contribution in [3.8, 4) is 0 Å². The molecule has 0 bridgehead atoms. The fourth-order valence-electron chi connectivity index (χ4n) is 3.96. The highest BCUT2D eigenvalue weighted by Crippen LogP contribution is 2.27. The molecule has 154 valence electrons. The van der Waals surface area contributed by atoms with Gasteiger partial charge in [0.1, 0.15) is 5.54 Å². The molecule has 0 aliphatic carbocycles. The van der Waals surface area contributed by atoms with E-state index in [1.807, 2.05) is 24.3 Å². The highest BCUT2D eigenvalue weighted by Gasteiger charge is 2.50. The van der Waals surface area contributed by atoms with Crippen LogP contribution in [0.25, 0.3) is 5.57 Å². The quantitative estimate of drug-likeness (QED) is 0.646. The van der Waals surface area contributed by atoms with Crippen molar-refractivity contribution in [3.05, 3.63) is 77.9 Å². The number of carbonyl (C=O) groups is 3. The zero-order valence-corrected chi connectivity index (χ0v) is 16.9. The van der Waals surface area contributed by atoms with E-state index in [2.05, 4.69) is 29.0 Å². The number of hydrogen-bond donors (Lipinski definition) is 3. The van der Waals surface area contributed by atoms with Crippen molar-refractivity contribution in [1.82, 2.24) is 15.8 Å². The van der Waals surface area contributed by atoms with Gasteiger partial charge in [0, 0.05) is 6.42 Å². The summed E-state index contributed by atoms with van der Waals surface area (Å²) in [5.74, 6) is -0.852. The average Bonchev–Trinajstić information content (AvgIpc) is 2.99. The SMILES string of the molecule is C[C@]1(c2ccccc2)NC(=O)N(NC(=O)C[NH+]2CC=C(c3ccccc3)CC2)C1=O. The van der Waals surface area contributed by atoms with Crippen molar-refractivity contribution < 1.29 is 19.3 Å². The van der Waals surface area contributed by atoms with E-state index in [1.54, 1.807) is 31.2 Å². The second-order valence-electron chi connectivity index (χ2n) is 7.82. The summed E-state index contributed by atoms with van der Waals surface area (Å²) in [6.45, 7) is 3.37. The van der Waals surface area contributed by atoms with E-state index < -0.39 is 17.5 Å². The Morgan fingerprint density at radius 2 is 1.77 bits per heavy atom. The number of benzene rings is 2. The lowest BCUT2D eigenvalue weighted by Gasteiger charge is -2.24. The number of hydrogen-bond acceptors (Lipinski definition) is 3. The largest absolute Gasteiger partial charge is 0.344 e. The molecular formula is C23H25N4O3+. The van der Waals surface area contributed by atoms with Crippen molar-refractivity contribution in [3.63, 3.8) is 0 Å². The lowest BCUT2D eigenvalue weighted by Crippen LogP contribution is -3.13. The zero-order valence-electron chi connectivity index (χ0n) is 16.9. The minimum Gasteiger partial charge on any atom is -0.324 e. The number of urea groups is 1. The molecular weight excluding hydrogens is 380 g/mol. The maximum atomic E-state index is 12.9. The molecule has 4 amide bonds. The molecule has 1 fully saturated rings. The highest BCUT2D eigenvalue weighted by atomic mass is 16.2. The number of imide groups is 1. The van der Waals surface area contributed by atoms with Crippen LogP contribution in [0.3, 0.4) is 0 Å². The normalized spacial score (nSPS) is 23.7. The lowest BCUT2D eigenvalue weighted by atomic mass is 9.92. The number of amides is 4. The Kier molecular flexibility index (Phi) is 5.37. The van der Waals surface area contributed by atoms with Gasteiger partial charge in [-0.2, -0.15) is 5.01 Å². The summed E-state index contributed by atoms with van der Waals surface area (Å²) in [6, 6.07) is 18.6.